The van der Waals surface area contributed by atoms with Gasteiger partial charge in [-0.1, -0.05) is 6.92 Å². The number of ether oxygens (including phenoxy) is 1. The second-order valence-corrected chi connectivity index (χ2v) is 5.43. The molecule has 0 aromatic carbocycles. The van der Waals surface area contributed by atoms with Crippen LogP contribution in [-0.4, -0.2) is 66.2 Å². The Morgan fingerprint density at radius 3 is 2.95 bits per heavy atom. The number of anilines is 1. The molecule has 122 valence electrons. The van der Waals surface area contributed by atoms with E-state index in [1.165, 1.54) is 0 Å². The first kappa shape index (κ1) is 16.6. The van der Waals surface area contributed by atoms with Crippen LogP contribution in [0.1, 0.15) is 30.8 Å². The first-order chi connectivity index (χ1) is 10.7. The smallest absolute Gasteiger partial charge is 0.270 e. The number of morpholine rings is 1. The molecule has 22 heavy (non-hydrogen) atoms. The normalized spacial score (nSPS) is 17.0. The van der Waals surface area contributed by atoms with Crippen molar-refractivity contribution in [2.24, 2.45) is 0 Å². The highest BCUT2D eigenvalue weighted by molar-refractivity contribution is 5.92. The fourth-order valence-electron chi connectivity index (χ4n) is 2.12. The third-order valence-corrected chi connectivity index (χ3v) is 3.69. The van der Waals surface area contributed by atoms with Crippen molar-refractivity contribution in [2.75, 3.05) is 44.7 Å². The van der Waals surface area contributed by atoms with Gasteiger partial charge in [-0.2, -0.15) is 0 Å². The molecular weight excluding hydrogens is 282 g/mol. The third-order valence-electron chi connectivity index (χ3n) is 3.69. The Kier molecular flexibility index (Phi) is 6.54. The van der Waals surface area contributed by atoms with Crippen molar-refractivity contribution in [2.45, 2.75) is 26.3 Å². The van der Waals surface area contributed by atoms with Gasteiger partial charge in [-0.3, -0.25) is 9.69 Å². The summed E-state index contributed by atoms with van der Waals surface area (Å²) in [5.74, 6) is 0.332. The summed E-state index contributed by atoms with van der Waals surface area (Å²) < 4.78 is 5.32. The van der Waals surface area contributed by atoms with E-state index in [-0.39, 0.29) is 11.9 Å². The van der Waals surface area contributed by atoms with Crippen LogP contribution in [0.15, 0.2) is 12.3 Å². The lowest BCUT2D eigenvalue weighted by Gasteiger charge is -2.26. The summed E-state index contributed by atoms with van der Waals surface area (Å²) in [5.41, 5.74) is 0.393. The van der Waals surface area contributed by atoms with Crippen LogP contribution >= 0.6 is 0 Å². The van der Waals surface area contributed by atoms with Gasteiger partial charge in [0.25, 0.3) is 5.91 Å². The first-order valence-corrected chi connectivity index (χ1v) is 7.87. The lowest BCUT2D eigenvalue weighted by molar-refractivity contribution is 0.0398. The van der Waals surface area contributed by atoms with E-state index >= 15 is 0 Å². The van der Waals surface area contributed by atoms with Crippen LogP contribution in [0, 0.1) is 0 Å². The van der Waals surface area contributed by atoms with Gasteiger partial charge >= 0.3 is 0 Å². The molecule has 7 nitrogen and oxygen atoms in total. The molecule has 1 aromatic heterocycles. The lowest BCUT2D eigenvalue weighted by Crippen LogP contribution is -2.39. The van der Waals surface area contributed by atoms with E-state index in [2.05, 4.69) is 25.5 Å². The zero-order valence-electron chi connectivity index (χ0n) is 13.3. The SMILES string of the molecule is CCC(C)NC(=O)c1ccnc(NCCN2CCOCC2)n1. The van der Waals surface area contributed by atoms with Gasteiger partial charge in [0.2, 0.25) is 5.95 Å². The Labute approximate surface area is 131 Å². The van der Waals surface area contributed by atoms with Crippen LogP contribution in [0.25, 0.3) is 0 Å². The molecule has 0 saturated carbocycles. The molecule has 1 aliphatic rings. The van der Waals surface area contributed by atoms with Gasteiger partial charge in [0.1, 0.15) is 5.69 Å². The number of carbonyl (C=O) groups excluding carboxylic acids is 1. The predicted octanol–water partition coefficient (Wildman–Crippen LogP) is 0.749. The molecular formula is C15H25N5O2. The number of aromatic nitrogens is 2. The summed E-state index contributed by atoms with van der Waals surface area (Å²) in [5, 5.41) is 6.07. The molecule has 0 spiro atoms. The molecule has 2 N–H and O–H groups in total. The first-order valence-electron chi connectivity index (χ1n) is 7.87. The van der Waals surface area contributed by atoms with Gasteiger partial charge in [-0.15, -0.1) is 0 Å². The summed E-state index contributed by atoms with van der Waals surface area (Å²) >= 11 is 0. The minimum absolute atomic E-state index is 0.139. The topological polar surface area (TPSA) is 79.4 Å². The average Bonchev–Trinajstić information content (AvgIpc) is 2.56. The zero-order chi connectivity index (χ0) is 15.8. The van der Waals surface area contributed by atoms with E-state index in [9.17, 15) is 4.79 Å². The number of amides is 1. The Balaban J connectivity index is 1.81. The summed E-state index contributed by atoms with van der Waals surface area (Å²) in [6.45, 7) is 9.17. The van der Waals surface area contributed by atoms with Gasteiger partial charge in [0.15, 0.2) is 0 Å². The molecule has 0 bridgehead atoms. The minimum Gasteiger partial charge on any atom is -0.379 e. The largest absolute Gasteiger partial charge is 0.379 e. The molecule has 1 aliphatic heterocycles. The molecule has 1 atom stereocenters. The molecule has 1 fully saturated rings. The second kappa shape index (κ2) is 8.65. The number of nitrogens with zero attached hydrogens (tertiary/aromatic N) is 3. The molecule has 2 rings (SSSR count). The maximum absolute atomic E-state index is 12.0. The molecule has 1 aromatic rings. The predicted molar refractivity (Wildman–Crippen MR) is 85.0 cm³/mol. The van der Waals surface area contributed by atoms with Crippen LogP contribution in [0.3, 0.4) is 0 Å². The van der Waals surface area contributed by atoms with Crippen molar-refractivity contribution in [3.63, 3.8) is 0 Å². The molecule has 7 heteroatoms. The monoisotopic (exact) mass is 307 g/mol. The molecule has 2 heterocycles. The van der Waals surface area contributed by atoms with E-state index in [0.717, 1.165) is 45.8 Å². The van der Waals surface area contributed by atoms with Crippen molar-refractivity contribution in [3.8, 4) is 0 Å². The van der Waals surface area contributed by atoms with Crippen molar-refractivity contribution in [3.05, 3.63) is 18.0 Å². The molecule has 1 unspecified atom stereocenters. The van der Waals surface area contributed by atoms with Crippen LogP contribution < -0.4 is 10.6 Å². The highest BCUT2D eigenvalue weighted by Gasteiger charge is 2.12. The second-order valence-electron chi connectivity index (χ2n) is 5.43. The van der Waals surface area contributed by atoms with E-state index < -0.39 is 0 Å². The third kappa shape index (κ3) is 5.23. The Morgan fingerprint density at radius 2 is 2.23 bits per heavy atom. The summed E-state index contributed by atoms with van der Waals surface area (Å²) in [4.78, 5) is 22.8. The Hall–Kier alpha value is -1.73. The van der Waals surface area contributed by atoms with Gasteiger partial charge in [-0.25, -0.2) is 9.97 Å². The van der Waals surface area contributed by atoms with E-state index in [0.29, 0.717) is 11.6 Å². The van der Waals surface area contributed by atoms with Crippen molar-refractivity contribution in [1.29, 1.82) is 0 Å². The summed E-state index contributed by atoms with van der Waals surface area (Å²) in [7, 11) is 0. The number of carbonyl (C=O) groups is 1. The molecule has 1 amide bonds. The fourth-order valence-corrected chi connectivity index (χ4v) is 2.12. The van der Waals surface area contributed by atoms with Crippen molar-refractivity contribution >= 4 is 11.9 Å². The number of hydrogen-bond acceptors (Lipinski definition) is 6. The van der Waals surface area contributed by atoms with Gasteiger partial charge in [0.05, 0.1) is 13.2 Å². The fraction of sp³-hybridized carbons (Fsp3) is 0.667. The van der Waals surface area contributed by atoms with Crippen molar-refractivity contribution < 1.29 is 9.53 Å². The van der Waals surface area contributed by atoms with Crippen LogP contribution in [-0.2, 0) is 4.74 Å². The maximum atomic E-state index is 12.0. The number of hydrogen-bond donors (Lipinski definition) is 2. The highest BCUT2D eigenvalue weighted by Crippen LogP contribution is 2.02. The number of nitrogens with one attached hydrogen (secondary N) is 2. The zero-order valence-corrected chi connectivity index (χ0v) is 13.3. The molecule has 0 radical (unpaired) electrons. The number of rotatable bonds is 7. The van der Waals surface area contributed by atoms with Crippen molar-refractivity contribution in [1.82, 2.24) is 20.2 Å². The maximum Gasteiger partial charge on any atom is 0.270 e. The quantitative estimate of drug-likeness (QED) is 0.774. The Bertz CT molecular complexity index is 477. The highest BCUT2D eigenvalue weighted by atomic mass is 16.5. The van der Waals surface area contributed by atoms with E-state index in [1.807, 2.05) is 13.8 Å². The standard InChI is InChI=1S/C15H25N5O2/c1-3-12(2)18-14(21)13-4-5-16-15(19-13)17-6-7-20-8-10-22-11-9-20/h4-5,12H,3,6-11H2,1-2H3,(H,18,21)(H,16,17,19). The Morgan fingerprint density at radius 1 is 1.45 bits per heavy atom. The van der Waals surface area contributed by atoms with Gasteiger partial charge in [0, 0.05) is 38.4 Å². The summed E-state index contributed by atoms with van der Waals surface area (Å²) in [6, 6.07) is 1.77. The van der Waals surface area contributed by atoms with Crippen LogP contribution in [0.4, 0.5) is 5.95 Å². The molecule has 0 aliphatic carbocycles. The summed E-state index contributed by atoms with van der Waals surface area (Å²) in [6.07, 6.45) is 2.50. The lowest BCUT2D eigenvalue weighted by atomic mass is 10.2. The average molecular weight is 307 g/mol. The van der Waals surface area contributed by atoms with E-state index in [1.54, 1.807) is 12.3 Å². The molecule has 1 saturated heterocycles. The minimum atomic E-state index is -0.159. The van der Waals surface area contributed by atoms with Gasteiger partial charge in [-0.05, 0) is 19.4 Å². The van der Waals surface area contributed by atoms with E-state index in [4.69, 9.17) is 4.74 Å². The van der Waals surface area contributed by atoms with Crippen LogP contribution in [0.2, 0.25) is 0 Å². The van der Waals surface area contributed by atoms with Crippen LogP contribution in [0.5, 0.6) is 0 Å². The van der Waals surface area contributed by atoms with Gasteiger partial charge < -0.3 is 15.4 Å².